The van der Waals surface area contributed by atoms with E-state index in [-0.39, 0.29) is 11.4 Å². The maximum Gasteiger partial charge on any atom is 0.231 e. The van der Waals surface area contributed by atoms with Crippen LogP contribution in [0, 0.1) is 0 Å². The van der Waals surface area contributed by atoms with E-state index < -0.39 is 0 Å². The monoisotopic (exact) mass is 260 g/mol. The summed E-state index contributed by atoms with van der Waals surface area (Å²) in [7, 11) is 1.68. The number of nitrogens with zero attached hydrogens (tertiary/aromatic N) is 2. The fourth-order valence-corrected chi connectivity index (χ4v) is 2.35. The van der Waals surface area contributed by atoms with E-state index >= 15 is 0 Å². The van der Waals surface area contributed by atoms with Crippen molar-refractivity contribution in [2.24, 2.45) is 0 Å². The predicted octanol–water partition coefficient (Wildman–Crippen LogP) is 2.39. The van der Waals surface area contributed by atoms with Crippen LogP contribution >= 0.6 is 0 Å². The Morgan fingerprint density at radius 2 is 2.16 bits per heavy atom. The van der Waals surface area contributed by atoms with E-state index in [9.17, 15) is 5.11 Å². The Balaban J connectivity index is 1.81. The molecule has 0 spiro atoms. The molecule has 100 valence electrons. The Labute approximate surface area is 111 Å². The first-order chi connectivity index (χ1) is 9.23. The van der Waals surface area contributed by atoms with Crippen molar-refractivity contribution in [3.63, 3.8) is 0 Å². The molecule has 1 saturated carbocycles. The number of aromatic nitrogens is 2. The van der Waals surface area contributed by atoms with Gasteiger partial charge in [0.2, 0.25) is 11.7 Å². The number of para-hydroxylation sites is 1. The van der Waals surface area contributed by atoms with E-state index in [2.05, 4.69) is 10.1 Å². The van der Waals surface area contributed by atoms with Crippen molar-refractivity contribution in [2.45, 2.75) is 31.3 Å². The highest BCUT2D eigenvalue weighted by atomic mass is 16.5. The first kappa shape index (κ1) is 12.2. The summed E-state index contributed by atoms with van der Waals surface area (Å²) < 4.78 is 10.8. The van der Waals surface area contributed by atoms with Gasteiger partial charge in [-0.3, -0.25) is 0 Å². The molecule has 5 heteroatoms. The second-order valence-electron chi connectivity index (χ2n) is 4.87. The number of ether oxygens (including phenoxy) is 1. The van der Waals surface area contributed by atoms with Crippen molar-refractivity contribution >= 4 is 0 Å². The molecular formula is C14H16N2O3. The molecule has 1 aromatic heterocycles. The summed E-state index contributed by atoms with van der Waals surface area (Å²) >= 11 is 0. The van der Waals surface area contributed by atoms with Gasteiger partial charge in [-0.25, -0.2) is 0 Å². The summed E-state index contributed by atoms with van der Waals surface area (Å²) in [5.74, 6) is 1.36. The second kappa shape index (κ2) is 4.66. The van der Waals surface area contributed by atoms with Crippen LogP contribution in [0.25, 0.3) is 0 Å². The summed E-state index contributed by atoms with van der Waals surface area (Å²) in [6.07, 6.45) is 3.41. The van der Waals surface area contributed by atoms with Crippen molar-refractivity contribution in [3.8, 4) is 5.75 Å². The molecule has 0 bridgehead atoms. The molecule has 19 heavy (non-hydrogen) atoms. The molecule has 1 aliphatic rings. The van der Waals surface area contributed by atoms with Gasteiger partial charge < -0.3 is 14.4 Å². The first-order valence-electron chi connectivity index (χ1n) is 6.39. The van der Waals surface area contributed by atoms with Crippen LogP contribution in [0.1, 0.15) is 36.5 Å². The smallest absolute Gasteiger partial charge is 0.231 e. The SMILES string of the molecule is COC1(c2noc(Cc3ccccc3O)n2)CCC1. The molecule has 1 aromatic carbocycles. The van der Waals surface area contributed by atoms with E-state index in [4.69, 9.17) is 9.26 Å². The molecule has 1 heterocycles. The third-order valence-electron chi connectivity index (χ3n) is 3.76. The third kappa shape index (κ3) is 2.10. The zero-order valence-corrected chi connectivity index (χ0v) is 10.8. The van der Waals surface area contributed by atoms with Crippen molar-refractivity contribution in [3.05, 3.63) is 41.5 Å². The molecule has 0 unspecified atom stereocenters. The van der Waals surface area contributed by atoms with Crippen LogP contribution in [0.5, 0.6) is 5.75 Å². The van der Waals surface area contributed by atoms with Gasteiger partial charge in [0.15, 0.2) is 0 Å². The highest BCUT2D eigenvalue weighted by Crippen LogP contribution is 2.42. The molecule has 0 radical (unpaired) electrons. The van der Waals surface area contributed by atoms with Crippen molar-refractivity contribution in [2.75, 3.05) is 7.11 Å². The van der Waals surface area contributed by atoms with Crippen LogP contribution in [0.15, 0.2) is 28.8 Å². The highest BCUT2D eigenvalue weighted by Gasteiger charge is 2.43. The van der Waals surface area contributed by atoms with Crippen LogP contribution in [-0.4, -0.2) is 22.4 Å². The van der Waals surface area contributed by atoms with Gasteiger partial charge in [0, 0.05) is 12.7 Å². The number of phenols is 1. The Kier molecular flexibility index (Phi) is 2.98. The summed E-state index contributed by atoms with van der Waals surface area (Å²) in [6.45, 7) is 0. The predicted molar refractivity (Wildman–Crippen MR) is 67.7 cm³/mol. The van der Waals surface area contributed by atoms with E-state index in [0.29, 0.717) is 18.1 Å². The maximum atomic E-state index is 9.73. The highest BCUT2D eigenvalue weighted by molar-refractivity contribution is 5.33. The molecule has 0 atom stereocenters. The lowest BCUT2D eigenvalue weighted by molar-refractivity contribution is -0.0858. The van der Waals surface area contributed by atoms with Crippen LogP contribution in [0.3, 0.4) is 0 Å². The molecule has 0 aliphatic heterocycles. The zero-order chi connectivity index (χ0) is 13.3. The van der Waals surface area contributed by atoms with Gasteiger partial charge in [-0.05, 0) is 25.3 Å². The molecule has 3 rings (SSSR count). The van der Waals surface area contributed by atoms with Crippen molar-refractivity contribution in [1.82, 2.24) is 10.1 Å². The number of aromatic hydroxyl groups is 1. The number of hydrogen-bond acceptors (Lipinski definition) is 5. The average molecular weight is 260 g/mol. The minimum Gasteiger partial charge on any atom is -0.508 e. The topological polar surface area (TPSA) is 68.4 Å². The van der Waals surface area contributed by atoms with Crippen molar-refractivity contribution < 1.29 is 14.4 Å². The molecule has 0 saturated heterocycles. The Morgan fingerprint density at radius 3 is 2.79 bits per heavy atom. The third-order valence-corrected chi connectivity index (χ3v) is 3.76. The van der Waals surface area contributed by atoms with Gasteiger partial charge in [0.1, 0.15) is 11.4 Å². The fraction of sp³-hybridized carbons (Fsp3) is 0.429. The second-order valence-corrected chi connectivity index (χ2v) is 4.87. The van der Waals surface area contributed by atoms with Gasteiger partial charge >= 0.3 is 0 Å². The van der Waals surface area contributed by atoms with E-state index in [1.807, 2.05) is 12.1 Å². The molecule has 0 amide bonds. The number of rotatable bonds is 4. The number of benzene rings is 1. The van der Waals surface area contributed by atoms with Gasteiger partial charge in [0.05, 0.1) is 6.42 Å². The summed E-state index contributed by atoms with van der Waals surface area (Å²) in [6, 6.07) is 7.14. The molecule has 1 aliphatic carbocycles. The Bertz CT molecular complexity index is 570. The summed E-state index contributed by atoms with van der Waals surface area (Å²) in [5.41, 5.74) is 0.415. The Morgan fingerprint density at radius 1 is 1.37 bits per heavy atom. The molecule has 5 nitrogen and oxygen atoms in total. The standard InChI is InChI=1S/C14H16N2O3/c1-18-14(7-4-8-14)13-15-12(19-16-13)9-10-5-2-3-6-11(10)17/h2-3,5-6,17H,4,7-9H2,1H3. The van der Waals surface area contributed by atoms with Crippen LogP contribution < -0.4 is 0 Å². The fourth-order valence-electron chi connectivity index (χ4n) is 2.35. The van der Waals surface area contributed by atoms with Crippen LogP contribution in [0.4, 0.5) is 0 Å². The first-order valence-corrected chi connectivity index (χ1v) is 6.39. The lowest BCUT2D eigenvalue weighted by Crippen LogP contribution is -2.37. The normalized spacial score (nSPS) is 17.1. The van der Waals surface area contributed by atoms with Crippen LogP contribution in [0.2, 0.25) is 0 Å². The summed E-state index contributed by atoms with van der Waals surface area (Å²) in [5, 5.41) is 13.7. The van der Waals surface area contributed by atoms with Gasteiger partial charge in [0.25, 0.3) is 0 Å². The quantitative estimate of drug-likeness (QED) is 0.914. The van der Waals surface area contributed by atoms with E-state index in [1.165, 1.54) is 0 Å². The molecule has 1 fully saturated rings. The lowest BCUT2D eigenvalue weighted by atomic mass is 9.79. The van der Waals surface area contributed by atoms with Gasteiger partial charge in [-0.2, -0.15) is 4.98 Å². The zero-order valence-electron chi connectivity index (χ0n) is 10.8. The lowest BCUT2D eigenvalue weighted by Gasteiger charge is -2.37. The minimum atomic E-state index is -0.361. The van der Waals surface area contributed by atoms with E-state index in [0.717, 1.165) is 24.8 Å². The largest absolute Gasteiger partial charge is 0.508 e. The Hall–Kier alpha value is -1.88. The summed E-state index contributed by atoms with van der Waals surface area (Å²) in [4.78, 5) is 4.40. The van der Waals surface area contributed by atoms with Crippen molar-refractivity contribution in [1.29, 1.82) is 0 Å². The molecular weight excluding hydrogens is 244 g/mol. The maximum absolute atomic E-state index is 9.73. The number of methoxy groups -OCH3 is 1. The number of phenolic OH excluding ortho intramolecular Hbond substituents is 1. The minimum absolute atomic E-state index is 0.243. The van der Waals surface area contributed by atoms with Gasteiger partial charge in [-0.15, -0.1) is 0 Å². The van der Waals surface area contributed by atoms with Crippen LogP contribution in [-0.2, 0) is 16.8 Å². The van der Waals surface area contributed by atoms with Gasteiger partial charge in [-0.1, -0.05) is 23.4 Å². The molecule has 1 N–H and O–H groups in total. The molecule has 2 aromatic rings. The average Bonchev–Trinajstić information content (AvgIpc) is 2.81. The number of hydrogen-bond donors (Lipinski definition) is 1. The van der Waals surface area contributed by atoms with E-state index in [1.54, 1.807) is 19.2 Å².